The summed E-state index contributed by atoms with van der Waals surface area (Å²) in [6, 6.07) is 5.23. The van der Waals surface area contributed by atoms with Gasteiger partial charge in [-0.1, -0.05) is 11.2 Å². The number of para-hydroxylation sites is 1. The van der Waals surface area contributed by atoms with E-state index in [0.29, 0.717) is 15.7 Å². The molecule has 0 saturated carbocycles. The van der Waals surface area contributed by atoms with E-state index in [-0.39, 0.29) is 24.7 Å². The Kier molecular flexibility index (Phi) is 4.84. The third kappa shape index (κ3) is 4.43. The van der Waals surface area contributed by atoms with Crippen molar-refractivity contribution in [3.63, 3.8) is 0 Å². The van der Waals surface area contributed by atoms with Crippen LogP contribution in [0.2, 0.25) is 0 Å². The van der Waals surface area contributed by atoms with Crippen LogP contribution in [-0.2, 0) is 11.2 Å². The third-order valence-corrected chi connectivity index (χ3v) is 3.18. The zero-order valence-corrected chi connectivity index (χ0v) is 12.2. The van der Waals surface area contributed by atoms with Crippen molar-refractivity contribution in [2.45, 2.75) is 12.6 Å². The lowest BCUT2D eigenvalue weighted by molar-refractivity contribution is -0.173. The molecule has 0 unspecified atom stereocenters. The normalized spacial score (nSPS) is 11.8. The summed E-state index contributed by atoms with van der Waals surface area (Å²) >= 11 is 3.28. The molecule has 0 amide bonds. The van der Waals surface area contributed by atoms with Crippen LogP contribution in [0, 0.1) is 0 Å². The summed E-state index contributed by atoms with van der Waals surface area (Å²) < 4.78 is 45.9. The maximum Gasteiger partial charge on any atom is 0.411 e. The number of halogens is 4. The first-order chi connectivity index (χ1) is 9.87. The van der Waals surface area contributed by atoms with Gasteiger partial charge in [-0.2, -0.15) is 18.2 Å². The molecule has 0 saturated heterocycles. The number of hydrogen-bond acceptors (Lipinski definition) is 5. The molecule has 0 aliphatic carbocycles. The summed E-state index contributed by atoms with van der Waals surface area (Å²) in [4.78, 5) is 4.08. The number of nitrogen functional groups attached to an aromatic ring is 1. The molecule has 0 radical (unpaired) electrons. The van der Waals surface area contributed by atoms with Crippen LogP contribution in [0.5, 0.6) is 0 Å². The van der Waals surface area contributed by atoms with E-state index in [9.17, 15) is 13.2 Å². The minimum atomic E-state index is -4.34. The molecular formula is C12H11BrF3N3O2. The first-order valence-electron chi connectivity index (χ1n) is 5.88. The number of alkyl halides is 3. The molecule has 2 rings (SSSR count). The minimum absolute atomic E-state index is 0.119. The molecule has 9 heteroatoms. The van der Waals surface area contributed by atoms with Gasteiger partial charge >= 0.3 is 6.18 Å². The van der Waals surface area contributed by atoms with Gasteiger partial charge in [0.2, 0.25) is 0 Å². The zero-order valence-electron chi connectivity index (χ0n) is 10.7. The SMILES string of the molecule is Nc1c(Br)cccc1-c1nc(CCOCC(F)(F)F)no1. The predicted molar refractivity (Wildman–Crippen MR) is 72.4 cm³/mol. The number of ether oxygens (including phenoxy) is 1. The molecular weight excluding hydrogens is 355 g/mol. The number of rotatable bonds is 5. The fourth-order valence-electron chi connectivity index (χ4n) is 1.54. The van der Waals surface area contributed by atoms with Crippen molar-refractivity contribution in [1.29, 1.82) is 0 Å². The molecule has 0 aliphatic heterocycles. The predicted octanol–water partition coefficient (Wildman–Crippen LogP) is 3.20. The highest BCUT2D eigenvalue weighted by Gasteiger charge is 2.27. The van der Waals surface area contributed by atoms with Gasteiger partial charge in [-0.3, -0.25) is 0 Å². The summed E-state index contributed by atoms with van der Waals surface area (Å²) in [6.07, 6.45) is -4.22. The number of anilines is 1. The molecule has 2 N–H and O–H groups in total. The molecule has 1 heterocycles. The Morgan fingerprint density at radius 2 is 2.10 bits per heavy atom. The van der Waals surface area contributed by atoms with Gasteiger partial charge in [0.15, 0.2) is 5.82 Å². The maximum atomic E-state index is 11.9. The molecule has 5 nitrogen and oxygen atoms in total. The number of nitrogens with two attached hydrogens (primary N) is 1. The molecule has 0 aliphatic rings. The Balaban J connectivity index is 1.97. The zero-order chi connectivity index (χ0) is 15.5. The average molecular weight is 366 g/mol. The van der Waals surface area contributed by atoms with Crippen LogP contribution in [0.1, 0.15) is 5.82 Å². The van der Waals surface area contributed by atoms with E-state index in [1.807, 2.05) is 0 Å². The highest BCUT2D eigenvalue weighted by atomic mass is 79.9. The summed E-state index contributed by atoms with van der Waals surface area (Å²) in [5.74, 6) is 0.464. The van der Waals surface area contributed by atoms with Crippen LogP contribution in [0.15, 0.2) is 27.2 Å². The molecule has 0 fully saturated rings. The second kappa shape index (κ2) is 6.44. The molecule has 1 aromatic carbocycles. The first kappa shape index (κ1) is 15.8. The fourth-order valence-corrected chi connectivity index (χ4v) is 1.91. The minimum Gasteiger partial charge on any atom is -0.397 e. The molecule has 21 heavy (non-hydrogen) atoms. The van der Waals surface area contributed by atoms with Crippen LogP contribution in [0.25, 0.3) is 11.5 Å². The van der Waals surface area contributed by atoms with Crippen LogP contribution < -0.4 is 5.73 Å². The largest absolute Gasteiger partial charge is 0.411 e. The molecule has 114 valence electrons. The number of aromatic nitrogens is 2. The monoisotopic (exact) mass is 365 g/mol. The highest BCUT2D eigenvalue weighted by Crippen LogP contribution is 2.30. The summed E-state index contributed by atoms with van der Waals surface area (Å²) in [7, 11) is 0. The van der Waals surface area contributed by atoms with E-state index in [4.69, 9.17) is 10.3 Å². The van der Waals surface area contributed by atoms with Gasteiger partial charge in [-0.05, 0) is 28.1 Å². The molecule has 2 aromatic rings. The smallest absolute Gasteiger partial charge is 0.397 e. The molecule has 0 atom stereocenters. The van der Waals surface area contributed by atoms with Crippen molar-refractivity contribution < 1.29 is 22.4 Å². The van der Waals surface area contributed by atoms with Crippen LogP contribution in [0.3, 0.4) is 0 Å². The van der Waals surface area contributed by atoms with E-state index < -0.39 is 12.8 Å². The second-order valence-corrected chi connectivity index (χ2v) is 4.99. The van der Waals surface area contributed by atoms with Gasteiger partial charge in [-0.15, -0.1) is 0 Å². The topological polar surface area (TPSA) is 74.2 Å². The van der Waals surface area contributed by atoms with Crippen molar-refractivity contribution in [1.82, 2.24) is 10.1 Å². The fraction of sp³-hybridized carbons (Fsp3) is 0.333. The summed E-state index contributed by atoms with van der Waals surface area (Å²) in [5.41, 5.74) is 6.87. The first-order valence-corrected chi connectivity index (χ1v) is 6.67. The van der Waals surface area contributed by atoms with Gasteiger partial charge < -0.3 is 15.0 Å². The Morgan fingerprint density at radius 3 is 2.81 bits per heavy atom. The lowest BCUT2D eigenvalue weighted by Crippen LogP contribution is -2.18. The maximum absolute atomic E-state index is 11.9. The Hall–Kier alpha value is -1.61. The number of nitrogens with zero attached hydrogens (tertiary/aromatic N) is 2. The van der Waals surface area contributed by atoms with Crippen LogP contribution in [-0.4, -0.2) is 29.5 Å². The van der Waals surface area contributed by atoms with E-state index in [2.05, 4.69) is 30.8 Å². The Labute approximate surface area is 126 Å². The quantitative estimate of drug-likeness (QED) is 0.650. The Bertz CT molecular complexity index is 616. The van der Waals surface area contributed by atoms with Crippen LogP contribution >= 0.6 is 15.9 Å². The average Bonchev–Trinajstić information content (AvgIpc) is 2.85. The van der Waals surface area contributed by atoms with Crippen molar-refractivity contribution >= 4 is 21.6 Å². The van der Waals surface area contributed by atoms with Crippen LogP contribution in [0.4, 0.5) is 18.9 Å². The second-order valence-electron chi connectivity index (χ2n) is 4.13. The molecule has 0 bridgehead atoms. The summed E-state index contributed by atoms with van der Waals surface area (Å²) in [5, 5.41) is 3.68. The number of hydrogen-bond donors (Lipinski definition) is 1. The number of benzene rings is 1. The molecule has 0 spiro atoms. The van der Waals surface area contributed by atoms with Gasteiger partial charge in [0.1, 0.15) is 6.61 Å². The van der Waals surface area contributed by atoms with Crippen molar-refractivity contribution in [3.8, 4) is 11.5 Å². The van der Waals surface area contributed by atoms with Gasteiger partial charge in [-0.25, -0.2) is 0 Å². The van der Waals surface area contributed by atoms with E-state index in [1.165, 1.54) is 0 Å². The van der Waals surface area contributed by atoms with Crippen molar-refractivity contribution in [3.05, 3.63) is 28.5 Å². The lowest BCUT2D eigenvalue weighted by Gasteiger charge is -2.05. The third-order valence-electron chi connectivity index (χ3n) is 2.49. The highest BCUT2D eigenvalue weighted by molar-refractivity contribution is 9.10. The van der Waals surface area contributed by atoms with Crippen molar-refractivity contribution in [2.24, 2.45) is 0 Å². The lowest BCUT2D eigenvalue weighted by atomic mass is 10.2. The Morgan fingerprint density at radius 1 is 1.33 bits per heavy atom. The standard InChI is InChI=1S/C12H11BrF3N3O2/c13-8-3-1-2-7(10(8)17)11-18-9(19-21-11)4-5-20-6-12(14,15)16/h1-3H,4-6,17H2. The van der Waals surface area contributed by atoms with Crippen molar-refractivity contribution in [2.75, 3.05) is 18.9 Å². The summed E-state index contributed by atoms with van der Waals surface area (Å²) in [6.45, 7) is -1.44. The molecule has 1 aromatic heterocycles. The van der Waals surface area contributed by atoms with Gasteiger partial charge in [0, 0.05) is 10.9 Å². The van der Waals surface area contributed by atoms with E-state index in [1.54, 1.807) is 18.2 Å². The van der Waals surface area contributed by atoms with E-state index in [0.717, 1.165) is 0 Å². The van der Waals surface area contributed by atoms with Gasteiger partial charge in [0.05, 0.1) is 17.9 Å². The van der Waals surface area contributed by atoms with E-state index >= 15 is 0 Å². The van der Waals surface area contributed by atoms with Gasteiger partial charge in [0.25, 0.3) is 5.89 Å².